The van der Waals surface area contributed by atoms with E-state index in [0.717, 1.165) is 0 Å². The first kappa shape index (κ1) is 11.5. The topological polar surface area (TPSA) is 48.1 Å². The maximum absolute atomic E-state index is 13.7. The van der Waals surface area contributed by atoms with E-state index >= 15 is 0 Å². The fourth-order valence-corrected chi connectivity index (χ4v) is 1.31. The molecule has 0 radical (unpaired) electrons. The highest BCUT2D eigenvalue weighted by molar-refractivity contribution is 5.30. The monoisotopic (exact) mass is 236 g/mol. The molecule has 0 aliphatic carbocycles. The standard InChI is InChI=1S/C12H10F2N2O/c13-9-1-3-10(4-2-9)17-12-11(14)8(7-15)5-6-16-12/h1-6H,7,15H2. The summed E-state index contributed by atoms with van der Waals surface area (Å²) in [7, 11) is 0. The lowest BCUT2D eigenvalue weighted by Gasteiger charge is -2.07. The van der Waals surface area contributed by atoms with Gasteiger partial charge < -0.3 is 10.5 Å². The van der Waals surface area contributed by atoms with Gasteiger partial charge >= 0.3 is 0 Å². The highest BCUT2D eigenvalue weighted by atomic mass is 19.1. The van der Waals surface area contributed by atoms with Gasteiger partial charge in [0.25, 0.3) is 5.88 Å². The van der Waals surface area contributed by atoms with Crippen molar-refractivity contribution in [2.75, 3.05) is 0 Å². The van der Waals surface area contributed by atoms with Crippen LogP contribution in [0, 0.1) is 11.6 Å². The summed E-state index contributed by atoms with van der Waals surface area (Å²) >= 11 is 0. The van der Waals surface area contributed by atoms with Crippen LogP contribution in [0.15, 0.2) is 36.5 Å². The van der Waals surface area contributed by atoms with Gasteiger partial charge in [0.05, 0.1) is 0 Å². The van der Waals surface area contributed by atoms with E-state index in [4.69, 9.17) is 10.5 Å². The first-order valence-electron chi connectivity index (χ1n) is 4.97. The largest absolute Gasteiger partial charge is 0.436 e. The molecule has 1 aromatic heterocycles. The summed E-state index contributed by atoms with van der Waals surface area (Å²) in [6.45, 7) is 0.0636. The van der Waals surface area contributed by atoms with E-state index in [-0.39, 0.29) is 18.2 Å². The third kappa shape index (κ3) is 2.57. The van der Waals surface area contributed by atoms with E-state index in [2.05, 4.69) is 4.98 Å². The van der Waals surface area contributed by atoms with Crippen molar-refractivity contribution in [1.82, 2.24) is 4.98 Å². The van der Waals surface area contributed by atoms with E-state index in [1.54, 1.807) is 0 Å². The summed E-state index contributed by atoms with van der Waals surface area (Å²) in [6.07, 6.45) is 1.41. The van der Waals surface area contributed by atoms with Crippen LogP contribution in [0.3, 0.4) is 0 Å². The average Bonchev–Trinajstić information content (AvgIpc) is 2.35. The van der Waals surface area contributed by atoms with Crippen LogP contribution >= 0.6 is 0 Å². The summed E-state index contributed by atoms with van der Waals surface area (Å²) in [4.78, 5) is 3.76. The first-order chi connectivity index (χ1) is 8.20. The van der Waals surface area contributed by atoms with Crippen LogP contribution in [0.2, 0.25) is 0 Å². The molecule has 1 aromatic carbocycles. The van der Waals surface area contributed by atoms with Gasteiger partial charge in [-0.25, -0.2) is 13.8 Å². The maximum atomic E-state index is 13.7. The maximum Gasteiger partial charge on any atom is 0.256 e. The first-order valence-corrected chi connectivity index (χ1v) is 4.97. The lowest BCUT2D eigenvalue weighted by atomic mass is 10.2. The quantitative estimate of drug-likeness (QED) is 0.891. The minimum Gasteiger partial charge on any atom is -0.436 e. The third-order valence-corrected chi connectivity index (χ3v) is 2.19. The van der Waals surface area contributed by atoms with Gasteiger partial charge in [-0.3, -0.25) is 0 Å². The van der Waals surface area contributed by atoms with Crippen molar-refractivity contribution in [2.45, 2.75) is 6.54 Å². The molecule has 0 saturated heterocycles. The molecule has 5 heteroatoms. The molecule has 2 rings (SSSR count). The zero-order valence-corrected chi connectivity index (χ0v) is 8.86. The second kappa shape index (κ2) is 4.88. The van der Waals surface area contributed by atoms with Crippen molar-refractivity contribution in [3.05, 3.63) is 53.7 Å². The van der Waals surface area contributed by atoms with E-state index < -0.39 is 5.82 Å². The van der Waals surface area contributed by atoms with Crippen molar-refractivity contribution in [3.63, 3.8) is 0 Å². The smallest absolute Gasteiger partial charge is 0.256 e. The molecule has 0 aliphatic rings. The highest BCUT2D eigenvalue weighted by Crippen LogP contribution is 2.23. The Bertz CT molecular complexity index is 514. The van der Waals surface area contributed by atoms with Crippen LogP contribution in [0.4, 0.5) is 8.78 Å². The van der Waals surface area contributed by atoms with Crippen LogP contribution in [0.5, 0.6) is 11.6 Å². The van der Waals surface area contributed by atoms with Gasteiger partial charge in [-0.05, 0) is 30.3 Å². The van der Waals surface area contributed by atoms with E-state index in [0.29, 0.717) is 11.3 Å². The number of aromatic nitrogens is 1. The molecule has 0 unspecified atom stereocenters. The fraction of sp³-hybridized carbons (Fsp3) is 0.0833. The molecule has 0 amide bonds. The zero-order chi connectivity index (χ0) is 12.3. The number of ether oxygens (including phenoxy) is 1. The summed E-state index contributed by atoms with van der Waals surface area (Å²) in [5.74, 6) is -0.840. The van der Waals surface area contributed by atoms with Crippen molar-refractivity contribution in [2.24, 2.45) is 5.73 Å². The van der Waals surface area contributed by atoms with Crippen molar-refractivity contribution in [1.29, 1.82) is 0 Å². The fourth-order valence-electron chi connectivity index (χ4n) is 1.31. The lowest BCUT2D eigenvalue weighted by Crippen LogP contribution is -2.02. The van der Waals surface area contributed by atoms with Gasteiger partial charge in [-0.1, -0.05) is 0 Å². The molecule has 3 nitrogen and oxygen atoms in total. The molecule has 1 heterocycles. The minimum atomic E-state index is -0.598. The van der Waals surface area contributed by atoms with Gasteiger partial charge in [-0.2, -0.15) is 0 Å². The second-order valence-electron chi connectivity index (χ2n) is 3.35. The molecule has 0 fully saturated rings. The Hall–Kier alpha value is -2.01. The Labute approximate surface area is 96.9 Å². The van der Waals surface area contributed by atoms with Gasteiger partial charge in [0.1, 0.15) is 11.6 Å². The minimum absolute atomic E-state index is 0.0636. The molecule has 0 aliphatic heterocycles. The number of halogens is 2. The Morgan fingerprint density at radius 2 is 1.82 bits per heavy atom. The van der Waals surface area contributed by atoms with Gasteiger partial charge in [0, 0.05) is 18.3 Å². The van der Waals surface area contributed by atoms with Crippen LogP contribution in [-0.2, 0) is 6.54 Å². The van der Waals surface area contributed by atoms with E-state index in [1.807, 2.05) is 0 Å². The Morgan fingerprint density at radius 3 is 2.47 bits per heavy atom. The summed E-state index contributed by atoms with van der Waals surface area (Å²) in [6, 6.07) is 6.71. The van der Waals surface area contributed by atoms with Crippen LogP contribution in [0.1, 0.15) is 5.56 Å². The van der Waals surface area contributed by atoms with Crippen LogP contribution in [0.25, 0.3) is 0 Å². The number of rotatable bonds is 3. The Kier molecular flexibility index (Phi) is 3.30. The number of hydrogen-bond donors (Lipinski definition) is 1. The van der Waals surface area contributed by atoms with Crippen molar-refractivity contribution in [3.8, 4) is 11.6 Å². The predicted octanol–water partition coefficient (Wildman–Crippen LogP) is 2.61. The normalized spacial score (nSPS) is 10.3. The Morgan fingerprint density at radius 1 is 1.12 bits per heavy atom. The number of hydrogen-bond acceptors (Lipinski definition) is 3. The molecule has 0 saturated carbocycles. The van der Waals surface area contributed by atoms with Gasteiger partial charge in [0.2, 0.25) is 0 Å². The van der Waals surface area contributed by atoms with E-state index in [1.165, 1.54) is 36.5 Å². The SMILES string of the molecule is NCc1ccnc(Oc2ccc(F)cc2)c1F. The molecule has 17 heavy (non-hydrogen) atoms. The van der Waals surface area contributed by atoms with Crippen LogP contribution in [-0.4, -0.2) is 4.98 Å². The molecular weight excluding hydrogens is 226 g/mol. The van der Waals surface area contributed by atoms with Crippen molar-refractivity contribution >= 4 is 0 Å². The second-order valence-corrected chi connectivity index (χ2v) is 3.35. The molecule has 0 bridgehead atoms. The summed E-state index contributed by atoms with van der Waals surface area (Å²) in [5.41, 5.74) is 5.68. The summed E-state index contributed by atoms with van der Waals surface area (Å²) in [5, 5.41) is 0. The van der Waals surface area contributed by atoms with Gasteiger partial charge in [-0.15, -0.1) is 0 Å². The highest BCUT2D eigenvalue weighted by Gasteiger charge is 2.10. The molecule has 2 aromatic rings. The molecule has 0 atom stereocenters. The predicted molar refractivity (Wildman–Crippen MR) is 58.6 cm³/mol. The average molecular weight is 236 g/mol. The number of pyridine rings is 1. The number of nitrogens with two attached hydrogens (primary N) is 1. The zero-order valence-electron chi connectivity index (χ0n) is 8.86. The summed E-state index contributed by atoms with van der Waals surface area (Å²) < 4.78 is 31.6. The van der Waals surface area contributed by atoms with E-state index in [9.17, 15) is 8.78 Å². The van der Waals surface area contributed by atoms with Gasteiger partial charge in [0.15, 0.2) is 5.82 Å². The molecule has 2 N–H and O–H groups in total. The lowest BCUT2D eigenvalue weighted by molar-refractivity contribution is 0.418. The number of nitrogens with zero attached hydrogens (tertiary/aromatic N) is 1. The molecule has 88 valence electrons. The number of benzene rings is 1. The molecular formula is C12H10F2N2O. The third-order valence-electron chi connectivity index (χ3n) is 2.19. The van der Waals surface area contributed by atoms with Crippen LogP contribution < -0.4 is 10.5 Å². The molecule has 0 spiro atoms. The Balaban J connectivity index is 2.27. The van der Waals surface area contributed by atoms with Crippen molar-refractivity contribution < 1.29 is 13.5 Å².